The molecule has 6 nitrogen and oxygen atoms in total. The number of hydrogen-bond donors (Lipinski definition) is 0. The van der Waals surface area contributed by atoms with Crippen LogP contribution in [-0.4, -0.2) is 37.6 Å². The minimum Gasteiger partial charge on any atom is -0.336 e. The van der Waals surface area contributed by atoms with Crippen LogP contribution in [0.15, 0.2) is 40.2 Å². The van der Waals surface area contributed by atoms with Gasteiger partial charge in [-0.15, -0.1) is 21.5 Å². The molecule has 0 saturated heterocycles. The number of aryl methyl sites for hydroxylation is 1. The Labute approximate surface area is 158 Å². The fourth-order valence-electron chi connectivity index (χ4n) is 2.46. The second kappa shape index (κ2) is 7.88. The van der Waals surface area contributed by atoms with E-state index >= 15 is 0 Å². The summed E-state index contributed by atoms with van der Waals surface area (Å²) in [5.41, 5.74) is 2.00. The molecule has 2 heterocycles. The van der Waals surface area contributed by atoms with E-state index < -0.39 is 0 Å². The third-order valence-corrected chi connectivity index (χ3v) is 5.43. The molecule has 25 heavy (non-hydrogen) atoms. The Bertz CT molecular complexity index is 875. The topological polar surface area (TPSA) is 63.9 Å². The van der Waals surface area contributed by atoms with Crippen molar-refractivity contribution in [1.82, 2.24) is 25.1 Å². The molecule has 0 bridgehead atoms. The lowest BCUT2D eigenvalue weighted by molar-refractivity contribution is -0.132. The minimum absolute atomic E-state index is 0.0271. The number of aromatic nitrogens is 4. The maximum Gasteiger partial charge on any atom is 0.246 e. The van der Waals surface area contributed by atoms with Crippen LogP contribution in [0.3, 0.4) is 0 Å². The van der Waals surface area contributed by atoms with E-state index in [9.17, 15) is 4.79 Å². The van der Waals surface area contributed by atoms with Gasteiger partial charge in [0, 0.05) is 17.0 Å². The van der Waals surface area contributed by atoms with Gasteiger partial charge in [0.15, 0.2) is 0 Å². The lowest BCUT2D eigenvalue weighted by Crippen LogP contribution is -2.33. The number of halogens is 1. The minimum atomic E-state index is -0.0271. The van der Waals surface area contributed by atoms with E-state index in [4.69, 9.17) is 0 Å². The molecule has 0 aliphatic carbocycles. The molecule has 0 N–H and O–H groups in total. The summed E-state index contributed by atoms with van der Waals surface area (Å²) < 4.78 is 1.06. The summed E-state index contributed by atoms with van der Waals surface area (Å²) in [5, 5.41) is 12.5. The quantitative estimate of drug-likeness (QED) is 0.612. The predicted molar refractivity (Wildman–Crippen MR) is 101 cm³/mol. The molecule has 1 amide bonds. The van der Waals surface area contributed by atoms with Crippen molar-refractivity contribution in [2.24, 2.45) is 0 Å². The Balaban J connectivity index is 1.69. The van der Waals surface area contributed by atoms with Gasteiger partial charge in [-0.25, -0.2) is 0 Å². The van der Waals surface area contributed by atoms with Gasteiger partial charge in [-0.05, 0) is 52.7 Å². The first-order valence-electron chi connectivity index (χ1n) is 7.92. The van der Waals surface area contributed by atoms with Gasteiger partial charge in [0.1, 0.15) is 6.54 Å². The standard InChI is InChI=1S/C17H18BrN5OS/c1-3-22(10-13-8-9-15(18)25-13)16(24)11-23-20-17(19-21-23)14-7-5-4-6-12(14)2/h4-9H,3,10-11H2,1-2H3. The molecule has 0 aliphatic heterocycles. The van der Waals surface area contributed by atoms with Crippen molar-refractivity contribution in [1.29, 1.82) is 0 Å². The van der Waals surface area contributed by atoms with Gasteiger partial charge in [-0.1, -0.05) is 24.3 Å². The molecule has 3 rings (SSSR count). The Morgan fingerprint density at radius 1 is 1.28 bits per heavy atom. The predicted octanol–water partition coefficient (Wildman–Crippen LogP) is 3.52. The normalized spacial score (nSPS) is 10.8. The average Bonchev–Trinajstić information content (AvgIpc) is 3.22. The highest BCUT2D eigenvalue weighted by Gasteiger charge is 2.16. The number of nitrogens with zero attached hydrogens (tertiary/aromatic N) is 5. The van der Waals surface area contributed by atoms with Gasteiger partial charge < -0.3 is 4.90 Å². The number of benzene rings is 1. The number of carbonyl (C=O) groups excluding carboxylic acids is 1. The Kier molecular flexibility index (Phi) is 5.60. The average molecular weight is 420 g/mol. The zero-order chi connectivity index (χ0) is 17.8. The van der Waals surface area contributed by atoms with E-state index in [1.807, 2.05) is 50.2 Å². The molecule has 0 atom stereocenters. The van der Waals surface area contributed by atoms with Gasteiger partial charge in [-0.2, -0.15) is 4.80 Å². The summed E-state index contributed by atoms with van der Waals surface area (Å²) in [6.07, 6.45) is 0. The van der Waals surface area contributed by atoms with Crippen molar-refractivity contribution in [3.05, 3.63) is 50.6 Å². The van der Waals surface area contributed by atoms with Crippen LogP contribution in [-0.2, 0) is 17.9 Å². The largest absolute Gasteiger partial charge is 0.336 e. The summed E-state index contributed by atoms with van der Waals surface area (Å²) in [4.78, 5) is 16.8. The molecule has 1 aromatic carbocycles. The lowest BCUT2D eigenvalue weighted by Gasteiger charge is -2.19. The van der Waals surface area contributed by atoms with Crippen molar-refractivity contribution < 1.29 is 4.79 Å². The molecule has 0 fully saturated rings. The maximum absolute atomic E-state index is 12.6. The van der Waals surface area contributed by atoms with Crippen LogP contribution >= 0.6 is 27.3 Å². The van der Waals surface area contributed by atoms with Crippen LogP contribution in [0.1, 0.15) is 17.4 Å². The number of tetrazole rings is 1. The smallest absolute Gasteiger partial charge is 0.246 e. The molecule has 0 aliphatic rings. The monoisotopic (exact) mass is 419 g/mol. The van der Waals surface area contributed by atoms with Crippen molar-refractivity contribution in [2.75, 3.05) is 6.54 Å². The SMILES string of the molecule is CCN(Cc1ccc(Br)s1)C(=O)Cn1nnc(-c2ccccc2C)n1. The molecule has 0 unspecified atom stereocenters. The highest BCUT2D eigenvalue weighted by molar-refractivity contribution is 9.11. The lowest BCUT2D eigenvalue weighted by atomic mass is 10.1. The highest BCUT2D eigenvalue weighted by Crippen LogP contribution is 2.23. The van der Waals surface area contributed by atoms with E-state index in [0.29, 0.717) is 18.9 Å². The Morgan fingerprint density at radius 2 is 2.08 bits per heavy atom. The van der Waals surface area contributed by atoms with Crippen molar-refractivity contribution in [2.45, 2.75) is 26.9 Å². The van der Waals surface area contributed by atoms with Crippen molar-refractivity contribution in [3.8, 4) is 11.4 Å². The Morgan fingerprint density at radius 3 is 2.76 bits per heavy atom. The first-order chi connectivity index (χ1) is 12.1. The first-order valence-corrected chi connectivity index (χ1v) is 9.53. The van der Waals surface area contributed by atoms with Crippen LogP contribution in [0, 0.1) is 6.92 Å². The van der Waals surface area contributed by atoms with Gasteiger partial charge >= 0.3 is 0 Å². The van der Waals surface area contributed by atoms with E-state index in [2.05, 4.69) is 31.3 Å². The highest BCUT2D eigenvalue weighted by atomic mass is 79.9. The van der Waals surface area contributed by atoms with Crippen molar-refractivity contribution >= 4 is 33.2 Å². The van der Waals surface area contributed by atoms with Crippen LogP contribution in [0.5, 0.6) is 0 Å². The molecule has 8 heteroatoms. The molecular weight excluding hydrogens is 402 g/mol. The van der Waals surface area contributed by atoms with E-state index in [1.165, 1.54) is 4.80 Å². The van der Waals surface area contributed by atoms with Crippen LogP contribution < -0.4 is 0 Å². The molecule has 3 aromatic rings. The third-order valence-electron chi connectivity index (χ3n) is 3.83. The maximum atomic E-state index is 12.6. The van der Waals surface area contributed by atoms with E-state index in [1.54, 1.807) is 16.2 Å². The van der Waals surface area contributed by atoms with E-state index in [0.717, 1.165) is 19.8 Å². The van der Waals surface area contributed by atoms with Gasteiger partial charge in [-0.3, -0.25) is 4.79 Å². The number of amides is 1. The first kappa shape index (κ1) is 17.8. The van der Waals surface area contributed by atoms with Crippen LogP contribution in [0.25, 0.3) is 11.4 Å². The summed E-state index contributed by atoms with van der Waals surface area (Å²) in [5.74, 6) is 0.511. The second-order valence-electron chi connectivity index (χ2n) is 5.57. The second-order valence-corrected chi connectivity index (χ2v) is 8.12. The van der Waals surface area contributed by atoms with Gasteiger partial charge in [0.2, 0.25) is 11.7 Å². The number of rotatable bonds is 6. The fourth-order valence-corrected chi connectivity index (χ4v) is 3.96. The van der Waals surface area contributed by atoms with Crippen molar-refractivity contribution in [3.63, 3.8) is 0 Å². The summed E-state index contributed by atoms with van der Waals surface area (Å²) in [6, 6.07) is 11.9. The zero-order valence-corrected chi connectivity index (χ0v) is 16.4. The molecule has 130 valence electrons. The summed E-state index contributed by atoms with van der Waals surface area (Å²) in [7, 11) is 0. The fraction of sp³-hybridized carbons (Fsp3) is 0.294. The number of hydrogen-bond acceptors (Lipinski definition) is 5. The number of likely N-dealkylation sites (N-methyl/N-ethyl adjacent to an activating group) is 1. The van der Waals surface area contributed by atoms with Crippen LogP contribution in [0.4, 0.5) is 0 Å². The number of carbonyl (C=O) groups is 1. The van der Waals surface area contributed by atoms with Crippen LogP contribution in [0.2, 0.25) is 0 Å². The van der Waals surface area contributed by atoms with E-state index in [-0.39, 0.29) is 12.5 Å². The summed E-state index contributed by atoms with van der Waals surface area (Å²) >= 11 is 5.08. The van der Waals surface area contributed by atoms with Gasteiger partial charge in [0.05, 0.1) is 10.3 Å². The molecule has 0 spiro atoms. The molecule has 0 saturated carbocycles. The summed E-state index contributed by atoms with van der Waals surface area (Å²) in [6.45, 7) is 5.27. The molecular formula is C17H18BrN5OS. The third kappa shape index (κ3) is 4.32. The molecule has 0 radical (unpaired) electrons. The Hall–Kier alpha value is -2.06. The zero-order valence-electron chi connectivity index (χ0n) is 14.0. The number of thiophene rings is 1. The van der Waals surface area contributed by atoms with Gasteiger partial charge in [0.25, 0.3) is 0 Å². The molecule has 2 aromatic heterocycles.